The molecule has 4 amide bonds. The monoisotopic (exact) mass is 348 g/mol. The molecule has 0 radical (unpaired) electrons. The number of piperazine rings is 1. The van der Waals surface area contributed by atoms with Crippen LogP contribution in [0.25, 0.3) is 0 Å². The maximum Gasteiger partial charge on any atom is 0.319 e. The molecule has 0 bridgehead atoms. The number of carbonyl (C=O) groups excluding carboxylic acids is 2. The lowest BCUT2D eigenvalue weighted by Crippen LogP contribution is -2.54. The van der Waals surface area contributed by atoms with Gasteiger partial charge in [0.15, 0.2) is 0 Å². The molecule has 1 aromatic carbocycles. The minimum Gasteiger partial charge on any atom is -0.491 e. The van der Waals surface area contributed by atoms with Crippen LogP contribution in [0.5, 0.6) is 5.75 Å². The second-order valence-electron chi connectivity index (χ2n) is 6.62. The van der Waals surface area contributed by atoms with Gasteiger partial charge >= 0.3 is 12.1 Å². The molecule has 1 heterocycles. The summed E-state index contributed by atoms with van der Waals surface area (Å²) in [7, 11) is 3.47. The van der Waals surface area contributed by atoms with Crippen LogP contribution >= 0.6 is 0 Å². The number of nitrogens with one attached hydrogen (secondary N) is 1. The van der Waals surface area contributed by atoms with Gasteiger partial charge in [0.25, 0.3) is 0 Å². The Bertz CT molecular complexity index is 578. The third kappa shape index (κ3) is 5.55. The summed E-state index contributed by atoms with van der Waals surface area (Å²) >= 11 is 0. The van der Waals surface area contributed by atoms with Gasteiger partial charge < -0.3 is 24.8 Å². The third-order valence-electron chi connectivity index (χ3n) is 3.96. The van der Waals surface area contributed by atoms with Gasteiger partial charge in [0.05, 0.1) is 6.10 Å². The van der Waals surface area contributed by atoms with Crippen molar-refractivity contribution in [1.29, 1.82) is 0 Å². The molecule has 1 saturated heterocycles. The Labute approximate surface area is 149 Å². The molecule has 0 saturated carbocycles. The number of hydrogen-bond donors (Lipinski definition) is 1. The minimum atomic E-state index is -0.0977. The molecule has 1 N–H and O–H groups in total. The van der Waals surface area contributed by atoms with Crippen molar-refractivity contribution in [3.8, 4) is 5.75 Å². The molecule has 0 aliphatic carbocycles. The molecule has 138 valence electrons. The maximum absolute atomic E-state index is 12.3. The van der Waals surface area contributed by atoms with Gasteiger partial charge in [-0.05, 0) is 31.5 Å². The van der Waals surface area contributed by atoms with Gasteiger partial charge in [0.1, 0.15) is 5.75 Å². The molecule has 7 nitrogen and oxygen atoms in total. The van der Waals surface area contributed by atoms with E-state index in [2.05, 4.69) is 5.32 Å². The van der Waals surface area contributed by atoms with Crippen molar-refractivity contribution in [2.75, 3.05) is 40.3 Å². The van der Waals surface area contributed by atoms with E-state index in [1.807, 2.05) is 38.1 Å². The van der Waals surface area contributed by atoms with Crippen molar-refractivity contribution >= 4 is 12.1 Å². The van der Waals surface area contributed by atoms with Crippen LogP contribution in [-0.4, -0.2) is 73.1 Å². The van der Waals surface area contributed by atoms with Crippen LogP contribution in [0, 0.1) is 0 Å². The van der Waals surface area contributed by atoms with Crippen molar-refractivity contribution in [3.05, 3.63) is 29.8 Å². The average molecular weight is 348 g/mol. The first-order valence-corrected chi connectivity index (χ1v) is 8.61. The maximum atomic E-state index is 12.3. The molecule has 1 fully saturated rings. The Balaban J connectivity index is 1.76. The molecule has 1 aliphatic heterocycles. The van der Waals surface area contributed by atoms with Gasteiger partial charge in [-0.15, -0.1) is 0 Å². The number of rotatable bonds is 4. The Kier molecular flexibility index (Phi) is 6.50. The first-order valence-electron chi connectivity index (χ1n) is 8.61. The number of hydrogen-bond acceptors (Lipinski definition) is 3. The fourth-order valence-corrected chi connectivity index (χ4v) is 2.63. The molecule has 0 atom stereocenters. The molecule has 1 aliphatic rings. The fourth-order valence-electron chi connectivity index (χ4n) is 2.63. The van der Waals surface area contributed by atoms with Gasteiger partial charge in [-0.2, -0.15) is 0 Å². The molecular weight excluding hydrogens is 320 g/mol. The van der Waals surface area contributed by atoms with Crippen molar-refractivity contribution in [2.45, 2.75) is 26.5 Å². The largest absolute Gasteiger partial charge is 0.491 e. The predicted octanol–water partition coefficient (Wildman–Crippen LogP) is 1.98. The average Bonchev–Trinajstić information content (AvgIpc) is 2.59. The van der Waals surface area contributed by atoms with E-state index >= 15 is 0 Å². The Morgan fingerprint density at radius 1 is 1.08 bits per heavy atom. The van der Waals surface area contributed by atoms with E-state index in [0.29, 0.717) is 32.7 Å². The first-order chi connectivity index (χ1) is 11.9. The van der Waals surface area contributed by atoms with Gasteiger partial charge in [0.2, 0.25) is 0 Å². The molecule has 1 aromatic rings. The Morgan fingerprint density at radius 3 is 2.16 bits per heavy atom. The summed E-state index contributed by atoms with van der Waals surface area (Å²) in [6.45, 7) is 6.66. The lowest BCUT2D eigenvalue weighted by molar-refractivity contribution is 0.128. The van der Waals surface area contributed by atoms with E-state index in [-0.39, 0.29) is 18.2 Å². The van der Waals surface area contributed by atoms with E-state index in [0.717, 1.165) is 11.3 Å². The van der Waals surface area contributed by atoms with Gasteiger partial charge in [0, 0.05) is 46.8 Å². The highest BCUT2D eigenvalue weighted by Gasteiger charge is 2.24. The SMILES string of the molecule is CC(C)Oc1ccc(CNC(=O)N2CCN(C(=O)N(C)C)CC2)cc1. The van der Waals surface area contributed by atoms with Crippen LogP contribution in [0.3, 0.4) is 0 Å². The Hall–Kier alpha value is -2.44. The van der Waals surface area contributed by atoms with Crippen molar-refractivity contribution in [1.82, 2.24) is 20.0 Å². The molecule has 25 heavy (non-hydrogen) atoms. The third-order valence-corrected chi connectivity index (χ3v) is 3.96. The standard InChI is InChI=1S/C18H28N4O3/c1-14(2)25-16-7-5-15(6-8-16)13-19-17(23)21-9-11-22(12-10-21)18(24)20(3)4/h5-8,14H,9-13H2,1-4H3,(H,19,23). The minimum absolute atomic E-state index is 0.0104. The van der Waals surface area contributed by atoms with Crippen molar-refractivity contribution in [2.24, 2.45) is 0 Å². The fraction of sp³-hybridized carbons (Fsp3) is 0.556. The van der Waals surface area contributed by atoms with Crippen LogP contribution in [0.2, 0.25) is 0 Å². The second-order valence-corrected chi connectivity index (χ2v) is 6.62. The molecular formula is C18H28N4O3. The summed E-state index contributed by atoms with van der Waals surface area (Å²) in [6.07, 6.45) is 0.142. The van der Waals surface area contributed by atoms with E-state index in [1.54, 1.807) is 28.8 Å². The highest BCUT2D eigenvalue weighted by Crippen LogP contribution is 2.14. The molecule has 0 unspecified atom stereocenters. The topological polar surface area (TPSA) is 65.1 Å². The number of nitrogens with zero attached hydrogens (tertiary/aromatic N) is 3. The van der Waals surface area contributed by atoms with Gasteiger partial charge in [-0.25, -0.2) is 9.59 Å². The molecule has 7 heteroatoms. The summed E-state index contributed by atoms with van der Waals surface area (Å²) in [4.78, 5) is 29.2. The van der Waals surface area contributed by atoms with Crippen LogP contribution in [0.15, 0.2) is 24.3 Å². The van der Waals surface area contributed by atoms with Crippen LogP contribution in [-0.2, 0) is 6.54 Å². The summed E-state index contributed by atoms with van der Waals surface area (Å²) in [5, 5.41) is 2.93. The molecule has 0 spiro atoms. The number of carbonyl (C=O) groups is 2. The highest BCUT2D eigenvalue weighted by atomic mass is 16.5. The normalized spacial score (nSPS) is 14.4. The summed E-state index contributed by atoms with van der Waals surface area (Å²) in [5.74, 6) is 0.826. The van der Waals surface area contributed by atoms with Gasteiger partial charge in [-0.3, -0.25) is 0 Å². The second kappa shape index (κ2) is 8.60. The van der Waals surface area contributed by atoms with E-state index < -0.39 is 0 Å². The number of urea groups is 2. The smallest absolute Gasteiger partial charge is 0.319 e. The predicted molar refractivity (Wildman–Crippen MR) is 96.7 cm³/mol. The van der Waals surface area contributed by atoms with Gasteiger partial charge in [-0.1, -0.05) is 12.1 Å². The van der Waals surface area contributed by atoms with E-state index in [4.69, 9.17) is 4.74 Å². The van der Waals surface area contributed by atoms with Crippen molar-refractivity contribution < 1.29 is 14.3 Å². The zero-order chi connectivity index (χ0) is 18.4. The van der Waals surface area contributed by atoms with Crippen LogP contribution < -0.4 is 10.1 Å². The zero-order valence-electron chi connectivity index (χ0n) is 15.5. The van der Waals surface area contributed by atoms with E-state index in [9.17, 15) is 9.59 Å². The summed E-state index contributed by atoms with van der Waals surface area (Å²) in [6, 6.07) is 7.61. The Morgan fingerprint density at radius 2 is 1.64 bits per heavy atom. The quantitative estimate of drug-likeness (QED) is 0.905. The van der Waals surface area contributed by atoms with E-state index in [1.165, 1.54) is 0 Å². The van der Waals surface area contributed by atoms with Crippen LogP contribution in [0.4, 0.5) is 9.59 Å². The number of ether oxygens (including phenoxy) is 1. The molecule has 2 rings (SSSR count). The molecule has 0 aromatic heterocycles. The first kappa shape index (κ1) is 18.9. The summed E-state index contributed by atoms with van der Waals surface area (Å²) in [5.41, 5.74) is 1.02. The lowest BCUT2D eigenvalue weighted by Gasteiger charge is -2.35. The van der Waals surface area contributed by atoms with Crippen molar-refractivity contribution in [3.63, 3.8) is 0 Å². The van der Waals surface area contributed by atoms with Crippen LogP contribution in [0.1, 0.15) is 19.4 Å². The lowest BCUT2D eigenvalue weighted by atomic mass is 10.2. The highest BCUT2D eigenvalue weighted by molar-refractivity contribution is 5.76. The number of amides is 4. The number of benzene rings is 1. The summed E-state index contributed by atoms with van der Waals surface area (Å²) < 4.78 is 5.60. The zero-order valence-corrected chi connectivity index (χ0v) is 15.5.